The van der Waals surface area contributed by atoms with E-state index in [1.54, 1.807) is 29.2 Å². The van der Waals surface area contributed by atoms with Gasteiger partial charge >= 0.3 is 6.03 Å². The van der Waals surface area contributed by atoms with Gasteiger partial charge in [-0.3, -0.25) is 24.5 Å². The van der Waals surface area contributed by atoms with Gasteiger partial charge in [0.15, 0.2) is 0 Å². The number of anilines is 3. The first-order valence-corrected chi connectivity index (χ1v) is 11.6. The van der Waals surface area contributed by atoms with Crippen LogP contribution in [0.1, 0.15) is 10.4 Å². The summed E-state index contributed by atoms with van der Waals surface area (Å²) in [5, 5.41) is 16.4. The third-order valence-corrected chi connectivity index (χ3v) is 6.39. The van der Waals surface area contributed by atoms with E-state index >= 15 is 0 Å². The van der Waals surface area contributed by atoms with Crippen LogP contribution in [0.3, 0.4) is 0 Å². The molecule has 3 N–H and O–H groups in total. The largest absolute Gasteiger partial charge is 0.336 e. The van der Waals surface area contributed by atoms with E-state index in [2.05, 4.69) is 15.4 Å². The van der Waals surface area contributed by atoms with E-state index in [-0.39, 0.29) is 27.9 Å². The fourth-order valence-corrected chi connectivity index (χ4v) is 4.44. The number of amides is 3. The van der Waals surface area contributed by atoms with Crippen molar-refractivity contribution in [3.63, 3.8) is 0 Å². The van der Waals surface area contributed by atoms with Crippen LogP contribution in [-0.4, -0.2) is 38.4 Å². The summed E-state index contributed by atoms with van der Waals surface area (Å²) >= 11 is 0. The normalized spacial score (nSPS) is 13.3. The number of nitro groups is 1. The summed E-state index contributed by atoms with van der Waals surface area (Å²) in [4.78, 5) is 36.0. The SMILES string of the molecule is O=C(Nc1cccc(N2CCNC2=O)c1)c1ccc(NS(=O)(=O)c2cccc([N+](=O)[O-])c2)cc1. The summed E-state index contributed by atoms with van der Waals surface area (Å²) in [6.45, 7) is 1.08. The van der Waals surface area contributed by atoms with Gasteiger partial charge in [-0.05, 0) is 48.5 Å². The van der Waals surface area contributed by atoms with Gasteiger partial charge in [0.2, 0.25) is 0 Å². The van der Waals surface area contributed by atoms with Crippen molar-refractivity contribution in [2.24, 2.45) is 0 Å². The molecule has 12 heteroatoms. The molecule has 3 amide bonds. The number of carbonyl (C=O) groups excluding carboxylic acids is 2. The fourth-order valence-electron chi connectivity index (χ4n) is 3.34. The van der Waals surface area contributed by atoms with Crippen LogP contribution in [0.4, 0.5) is 27.5 Å². The molecular weight excluding hydrogens is 462 g/mol. The van der Waals surface area contributed by atoms with Crippen LogP contribution in [0.25, 0.3) is 0 Å². The first-order valence-electron chi connectivity index (χ1n) is 10.1. The van der Waals surface area contributed by atoms with E-state index < -0.39 is 20.9 Å². The second kappa shape index (κ2) is 9.19. The molecule has 1 aliphatic rings. The summed E-state index contributed by atoms with van der Waals surface area (Å²) in [5.41, 5.74) is 1.27. The molecule has 1 saturated heterocycles. The smallest absolute Gasteiger partial charge is 0.321 e. The average Bonchev–Trinajstić information content (AvgIpc) is 3.25. The average molecular weight is 481 g/mol. The molecule has 0 spiro atoms. The van der Waals surface area contributed by atoms with Crippen molar-refractivity contribution in [1.82, 2.24) is 5.32 Å². The monoisotopic (exact) mass is 481 g/mol. The van der Waals surface area contributed by atoms with Gasteiger partial charge < -0.3 is 10.6 Å². The Balaban J connectivity index is 1.44. The highest BCUT2D eigenvalue weighted by atomic mass is 32.2. The lowest BCUT2D eigenvalue weighted by molar-refractivity contribution is -0.385. The molecule has 3 aromatic carbocycles. The van der Waals surface area contributed by atoms with Crippen LogP contribution in [0, 0.1) is 10.1 Å². The molecule has 34 heavy (non-hydrogen) atoms. The molecule has 0 aromatic heterocycles. The Hall–Kier alpha value is -4.45. The number of carbonyl (C=O) groups is 2. The van der Waals surface area contributed by atoms with Gasteiger partial charge in [0.1, 0.15) is 0 Å². The molecule has 0 saturated carbocycles. The number of nitro benzene ring substituents is 1. The van der Waals surface area contributed by atoms with Crippen LogP contribution < -0.4 is 20.3 Å². The first-order chi connectivity index (χ1) is 16.2. The van der Waals surface area contributed by atoms with Gasteiger partial charge in [0, 0.05) is 47.8 Å². The molecule has 1 aliphatic heterocycles. The molecule has 1 fully saturated rings. The Morgan fingerprint density at radius 1 is 1.00 bits per heavy atom. The van der Waals surface area contributed by atoms with Crippen molar-refractivity contribution in [3.05, 3.63) is 88.5 Å². The van der Waals surface area contributed by atoms with Crippen molar-refractivity contribution in [1.29, 1.82) is 0 Å². The lowest BCUT2D eigenvalue weighted by atomic mass is 10.2. The minimum atomic E-state index is -4.06. The Labute approximate surface area is 194 Å². The minimum Gasteiger partial charge on any atom is -0.336 e. The zero-order chi connectivity index (χ0) is 24.3. The van der Waals surface area contributed by atoms with Gasteiger partial charge in [0.25, 0.3) is 21.6 Å². The molecule has 0 atom stereocenters. The van der Waals surface area contributed by atoms with Gasteiger partial charge in [-0.15, -0.1) is 0 Å². The Morgan fingerprint density at radius 3 is 2.41 bits per heavy atom. The lowest BCUT2D eigenvalue weighted by Gasteiger charge is -2.15. The zero-order valence-electron chi connectivity index (χ0n) is 17.6. The number of rotatable bonds is 7. The van der Waals surface area contributed by atoms with Gasteiger partial charge in [0.05, 0.1) is 9.82 Å². The molecule has 174 valence electrons. The minimum absolute atomic E-state index is 0.185. The summed E-state index contributed by atoms with van der Waals surface area (Å²) in [6.07, 6.45) is 0. The van der Waals surface area contributed by atoms with E-state index in [1.165, 1.54) is 42.5 Å². The molecule has 0 unspecified atom stereocenters. The summed E-state index contributed by atoms with van der Waals surface area (Å²) < 4.78 is 27.4. The number of non-ortho nitro benzene ring substituents is 1. The molecule has 0 radical (unpaired) electrons. The quantitative estimate of drug-likeness (QED) is 0.348. The predicted molar refractivity (Wildman–Crippen MR) is 125 cm³/mol. The third kappa shape index (κ3) is 4.96. The number of sulfonamides is 1. The van der Waals surface area contributed by atoms with Crippen LogP contribution in [0.2, 0.25) is 0 Å². The molecule has 0 aliphatic carbocycles. The molecule has 11 nitrogen and oxygen atoms in total. The van der Waals surface area contributed by atoms with Gasteiger partial charge in [-0.1, -0.05) is 12.1 Å². The lowest BCUT2D eigenvalue weighted by Crippen LogP contribution is -2.27. The number of benzene rings is 3. The van der Waals surface area contributed by atoms with E-state index in [1.807, 2.05) is 0 Å². The maximum atomic E-state index is 12.6. The predicted octanol–water partition coefficient (Wildman–Crippen LogP) is 3.18. The molecule has 4 rings (SSSR count). The molecule has 0 bridgehead atoms. The van der Waals surface area contributed by atoms with Crippen molar-refractivity contribution in [2.75, 3.05) is 28.0 Å². The standard InChI is InChI=1S/C22H19N5O6S/c28-21(24-17-3-1-4-18(13-17)26-12-11-23-22(26)29)15-7-9-16(10-8-15)25-34(32,33)20-6-2-5-19(14-20)27(30)31/h1-10,13-14,25H,11-12H2,(H,23,29)(H,24,28). The zero-order valence-corrected chi connectivity index (χ0v) is 18.4. The second-order valence-corrected chi connectivity index (χ2v) is 9.01. The van der Waals surface area contributed by atoms with Crippen molar-refractivity contribution in [3.8, 4) is 0 Å². The van der Waals surface area contributed by atoms with Gasteiger partial charge in [-0.25, -0.2) is 13.2 Å². The van der Waals surface area contributed by atoms with Crippen LogP contribution in [0.15, 0.2) is 77.7 Å². The molecule has 3 aromatic rings. The second-order valence-electron chi connectivity index (χ2n) is 7.33. The van der Waals surface area contributed by atoms with Crippen LogP contribution in [-0.2, 0) is 10.0 Å². The fraction of sp³-hybridized carbons (Fsp3) is 0.0909. The Kier molecular flexibility index (Phi) is 6.15. The Bertz CT molecular complexity index is 1370. The first kappa shape index (κ1) is 22.7. The van der Waals surface area contributed by atoms with Crippen molar-refractivity contribution in [2.45, 2.75) is 4.90 Å². The molecular formula is C22H19N5O6S. The van der Waals surface area contributed by atoms with Crippen LogP contribution >= 0.6 is 0 Å². The van der Waals surface area contributed by atoms with Crippen molar-refractivity contribution < 1.29 is 22.9 Å². The van der Waals surface area contributed by atoms with E-state index in [9.17, 15) is 28.1 Å². The number of nitrogens with one attached hydrogen (secondary N) is 3. The van der Waals surface area contributed by atoms with Crippen LogP contribution in [0.5, 0.6) is 0 Å². The highest BCUT2D eigenvalue weighted by molar-refractivity contribution is 7.92. The van der Waals surface area contributed by atoms with Gasteiger partial charge in [-0.2, -0.15) is 0 Å². The maximum absolute atomic E-state index is 12.6. The van der Waals surface area contributed by atoms with Crippen molar-refractivity contribution >= 4 is 44.7 Å². The number of urea groups is 1. The van der Waals surface area contributed by atoms with E-state index in [4.69, 9.17) is 0 Å². The summed E-state index contributed by atoms with van der Waals surface area (Å²) in [6, 6.07) is 17.1. The van der Waals surface area contributed by atoms with E-state index in [0.717, 1.165) is 6.07 Å². The number of hydrogen-bond acceptors (Lipinski definition) is 6. The number of nitrogens with zero attached hydrogens (tertiary/aromatic N) is 2. The molecule has 1 heterocycles. The highest BCUT2D eigenvalue weighted by Crippen LogP contribution is 2.23. The summed E-state index contributed by atoms with van der Waals surface area (Å²) in [7, 11) is -4.06. The third-order valence-electron chi connectivity index (χ3n) is 5.01. The topological polar surface area (TPSA) is 151 Å². The number of hydrogen-bond donors (Lipinski definition) is 3. The Morgan fingerprint density at radius 2 is 1.74 bits per heavy atom. The summed E-state index contributed by atoms with van der Waals surface area (Å²) in [5.74, 6) is -0.420. The maximum Gasteiger partial charge on any atom is 0.321 e. The van der Waals surface area contributed by atoms with E-state index in [0.29, 0.717) is 24.5 Å². The highest BCUT2D eigenvalue weighted by Gasteiger charge is 2.21.